The van der Waals surface area contributed by atoms with Crippen LogP contribution in [0.1, 0.15) is 12.5 Å². The first-order valence-electron chi connectivity index (χ1n) is 8.77. The van der Waals surface area contributed by atoms with Gasteiger partial charge in [-0.2, -0.15) is 0 Å². The van der Waals surface area contributed by atoms with Gasteiger partial charge >= 0.3 is 0 Å². The summed E-state index contributed by atoms with van der Waals surface area (Å²) in [7, 11) is 0. The Bertz CT molecular complexity index is 908. The molecule has 2 amide bonds. The highest BCUT2D eigenvalue weighted by atomic mass is 32.2. The molecule has 2 aromatic carbocycles. The fourth-order valence-corrected chi connectivity index (χ4v) is 3.61. The Morgan fingerprint density at radius 1 is 1.00 bits per heavy atom. The molecule has 3 aromatic rings. The van der Waals surface area contributed by atoms with E-state index in [0.29, 0.717) is 0 Å². The van der Waals surface area contributed by atoms with E-state index < -0.39 is 0 Å². The second-order valence-corrected chi connectivity index (χ2v) is 6.90. The molecule has 0 aliphatic heterocycles. The van der Waals surface area contributed by atoms with Gasteiger partial charge in [-0.05, 0) is 18.1 Å². The highest BCUT2D eigenvalue weighted by molar-refractivity contribution is 7.99. The van der Waals surface area contributed by atoms with Crippen LogP contribution in [0.2, 0.25) is 0 Å². The van der Waals surface area contributed by atoms with Crippen LogP contribution < -0.4 is 5.32 Å². The topological polar surface area (TPSA) is 64.0 Å². The number of benzene rings is 2. The molecule has 3 rings (SSSR count). The Labute approximate surface area is 162 Å². The summed E-state index contributed by atoms with van der Waals surface area (Å²) >= 11 is 1.33. The number of rotatable bonds is 7. The van der Waals surface area contributed by atoms with Crippen LogP contribution >= 0.6 is 11.8 Å². The van der Waals surface area contributed by atoms with E-state index in [1.807, 2.05) is 73.8 Å². The van der Waals surface area contributed by atoms with Crippen LogP contribution in [-0.4, -0.2) is 27.1 Å². The second kappa shape index (κ2) is 9.19. The van der Waals surface area contributed by atoms with E-state index in [9.17, 15) is 9.59 Å². The number of imidazole rings is 1. The number of thioether (sulfide) groups is 1. The van der Waals surface area contributed by atoms with Gasteiger partial charge in [0, 0.05) is 6.54 Å². The monoisotopic (exact) mass is 379 g/mol. The van der Waals surface area contributed by atoms with Gasteiger partial charge in [0.15, 0.2) is 5.16 Å². The number of hydrogen-bond donors (Lipinski definition) is 1. The van der Waals surface area contributed by atoms with E-state index in [2.05, 4.69) is 14.9 Å². The van der Waals surface area contributed by atoms with Crippen LogP contribution in [0.3, 0.4) is 0 Å². The number of hydrogen-bond acceptors (Lipinski definition) is 4. The third-order valence-electron chi connectivity index (χ3n) is 4.02. The Kier molecular flexibility index (Phi) is 6.44. The molecule has 0 saturated heterocycles. The predicted molar refractivity (Wildman–Crippen MR) is 107 cm³/mol. The van der Waals surface area contributed by atoms with Gasteiger partial charge in [0.1, 0.15) is 0 Å². The first-order valence-corrected chi connectivity index (χ1v) is 9.76. The quantitative estimate of drug-likeness (QED) is 0.638. The van der Waals surface area contributed by atoms with Crippen LogP contribution in [0, 0.1) is 0 Å². The van der Waals surface area contributed by atoms with E-state index in [0.717, 1.165) is 28.5 Å². The van der Waals surface area contributed by atoms with E-state index in [1.165, 1.54) is 11.8 Å². The van der Waals surface area contributed by atoms with Crippen molar-refractivity contribution in [2.45, 2.75) is 25.0 Å². The summed E-state index contributed by atoms with van der Waals surface area (Å²) < 4.78 is 2.07. The van der Waals surface area contributed by atoms with Crippen LogP contribution in [0.4, 0.5) is 0 Å². The van der Waals surface area contributed by atoms with Gasteiger partial charge in [0.05, 0.1) is 24.1 Å². The van der Waals surface area contributed by atoms with E-state index in [-0.39, 0.29) is 24.0 Å². The Morgan fingerprint density at radius 3 is 2.33 bits per heavy atom. The molecule has 0 fully saturated rings. The van der Waals surface area contributed by atoms with Gasteiger partial charge in [-0.1, -0.05) is 72.4 Å². The fourth-order valence-electron chi connectivity index (χ4n) is 2.77. The lowest BCUT2D eigenvalue weighted by molar-refractivity contribution is -0.128. The molecule has 27 heavy (non-hydrogen) atoms. The molecule has 0 bridgehead atoms. The standard InChI is InChI=1S/C21H21N3O2S/c1-2-24-18(17-11-7-4-8-12-17)14-22-21(24)27-15-20(26)23-19(25)13-16-9-5-3-6-10-16/h3-12,14H,2,13,15H2,1H3,(H,23,25,26). The van der Waals surface area contributed by atoms with Crippen molar-refractivity contribution in [1.29, 1.82) is 0 Å². The zero-order valence-corrected chi connectivity index (χ0v) is 15.9. The third kappa shape index (κ3) is 5.08. The van der Waals surface area contributed by atoms with Crippen LogP contribution in [-0.2, 0) is 22.6 Å². The van der Waals surface area contributed by atoms with Crippen molar-refractivity contribution in [3.63, 3.8) is 0 Å². The molecular formula is C21H21N3O2S. The van der Waals surface area contributed by atoms with Gasteiger partial charge in [-0.15, -0.1) is 0 Å². The molecule has 1 N–H and O–H groups in total. The Hall–Kier alpha value is -2.86. The highest BCUT2D eigenvalue weighted by Crippen LogP contribution is 2.25. The number of aromatic nitrogens is 2. The first-order chi connectivity index (χ1) is 13.2. The second-order valence-electron chi connectivity index (χ2n) is 5.96. The predicted octanol–water partition coefficient (Wildman–Crippen LogP) is 3.55. The number of carbonyl (C=O) groups excluding carboxylic acids is 2. The lowest BCUT2D eigenvalue weighted by Crippen LogP contribution is -2.33. The molecular weight excluding hydrogens is 358 g/mol. The maximum Gasteiger partial charge on any atom is 0.237 e. The molecule has 138 valence electrons. The first kappa shape index (κ1) is 18.9. The molecule has 1 aromatic heterocycles. The summed E-state index contributed by atoms with van der Waals surface area (Å²) in [5.41, 5.74) is 2.98. The van der Waals surface area contributed by atoms with Crippen molar-refractivity contribution in [2.75, 3.05) is 5.75 Å². The summed E-state index contributed by atoms with van der Waals surface area (Å²) in [6.07, 6.45) is 2.01. The molecule has 0 aliphatic rings. The number of carbonyl (C=O) groups is 2. The minimum atomic E-state index is -0.312. The summed E-state index contributed by atoms with van der Waals surface area (Å²) in [6, 6.07) is 19.4. The number of imide groups is 1. The lowest BCUT2D eigenvalue weighted by atomic mass is 10.1. The minimum Gasteiger partial charge on any atom is -0.319 e. The summed E-state index contributed by atoms with van der Waals surface area (Å²) in [4.78, 5) is 28.5. The molecule has 0 radical (unpaired) electrons. The maximum atomic E-state index is 12.1. The number of amides is 2. The van der Waals surface area contributed by atoms with E-state index in [1.54, 1.807) is 0 Å². The average molecular weight is 379 g/mol. The van der Waals surface area contributed by atoms with Crippen LogP contribution in [0.5, 0.6) is 0 Å². The van der Waals surface area contributed by atoms with Crippen LogP contribution in [0.25, 0.3) is 11.3 Å². The van der Waals surface area contributed by atoms with E-state index in [4.69, 9.17) is 0 Å². The van der Waals surface area contributed by atoms with Crippen LogP contribution in [0.15, 0.2) is 72.0 Å². The lowest BCUT2D eigenvalue weighted by Gasteiger charge is -2.09. The molecule has 5 nitrogen and oxygen atoms in total. The van der Waals surface area contributed by atoms with Gasteiger partial charge in [-0.3, -0.25) is 14.9 Å². The van der Waals surface area contributed by atoms with Crippen molar-refractivity contribution in [1.82, 2.24) is 14.9 Å². The van der Waals surface area contributed by atoms with Crippen molar-refractivity contribution in [3.8, 4) is 11.3 Å². The van der Waals surface area contributed by atoms with Gasteiger partial charge in [0.25, 0.3) is 0 Å². The average Bonchev–Trinajstić information content (AvgIpc) is 3.10. The molecule has 6 heteroatoms. The third-order valence-corrected chi connectivity index (χ3v) is 5.01. The normalized spacial score (nSPS) is 10.6. The Morgan fingerprint density at radius 2 is 1.67 bits per heavy atom. The summed E-state index contributed by atoms with van der Waals surface area (Å²) in [5.74, 6) is -0.463. The molecule has 0 atom stereocenters. The SMILES string of the molecule is CCn1c(-c2ccccc2)cnc1SCC(=O)NC(=O)Cc1ccccc1. The largest absolute Gasteiger partial charge is 0.319 e. The van der Waals surface area contributed by atoms with Crippen molar-refractivity contribution >= 4 is 23.6 Å². The fraction of sp³-hybridized carbons (Fsp3) is 0.190. The molecule has 1 heterocycles. The Balaban J connectivity index is 1.57. The van der Waals surface area contributed by atoms with Crippen molar-refractivity contribution in [3.05, 3.63) is 72.4 Å². The van der Waals surface area contributed by atoms with Gasteiger partial charge in [0.2, 0.25) is 11.8 Å². The van der Waals surface area contributed by atoms with Crippen molar-refractivity contribution in [2.24, 2.45) is 0 Å². The summed E-state index contributed by atoms with van der Waals surface area (Å²) in [6.45, 7) is 2.79. The number of nitrogens with zero attached hydrogens (tertiary/aromatic N) is 2. The zero-order chi connectivity index (χ0) is 19.1. The molecule has 0 aliphatic carbocycles. The zero-order valence-electron chi connectivity index (χ0n) is 15.1. The van der Waals surface area contributed by atoms with Gasteiger partial charge in [-0.25, -0.2) is 4.98 Å². The molecule has 0 spiro atoms. The van der Waals surface area contributed by atoms with Gasteiger partial charge < -0.3 is 4.57 Å². The highest BCUT2D eigenvalue weighted by Gasteiger charge is 2.14. The van der Waals surface area contributed by atoms with E-state index >= 15 is 0 Å². The minimum absolute atomic E-state index is 0.145. The maximum absolute atomic E-state index is 12.1. The molecule has 0 unspecified atom stereocenters. The summed E-state index contributed by atoms with van der Waals surface area (Å²) in [5, 5.41) is 3.20. The van der Waals surface area contributed by atoms with Crippen molar-refractivity contribution < 1.29 is 9.59 Å². The number of nitrogens with one attached hydrogen (secondary N) is 1. The smallest absolute Gasteiger partial charge is 0.237 e. The molecule has 0 saturated carbocycles.